The van der Waals surface area contributed by atoms with Crippen LogP contribution in [-0.2, 0) is 0 Å². The normalized spacial score (nSPS) is 10.2. The Morgan fingerprint density at radius 2 is 2.20 bits per heavy atom. The zero-order valence-electron chi connectivity index (χ0n) is 7.88. The van der Waals surface area contributed by atoms with Crippen LogP contribution in [0, 0.1) is 17.0 Å². The molecule has 0 N–H and O–H groups in total. The van der Waals surface area contributed by atoms with Gasteiger partial charge in [-0.15, -0.1) is 10.2 Å². The highest BCUT2D eigenvalue weighted by Gasteiger charge is 2.09. The Balaban J connectivity index is 2.45. The van der Waals surface area contributed by atoms with E-state index < -0.39 is 4.92 Å². The molecule has 0 aliphatic heterocycles. The Hall–Kier alpha value is -1.82. The lowest BCUT2D eigenvalue weighted by Crippen LogP contribution is -1.87. The number of nitrogens with zero attached hydrogens (tertiary/aromatic N) is 3. The second-order valence-electron chi connectivity index (χ2n) is 2.93. The van der Waals surface area contributed by atoms with Crippen LogP contribution in [0.25, 0.3) is 10.6 Å². The minimum absolute atomic E-state index is 0.0698. The molecule has 2 aromatic rings. The fourth-order valence-corrected chi connectivity index (χ4v) is 1.85. The highest BCUT2D eigenvalue weighted by atomic mass is 32.1. The van der Waals surface area contributed by atoms with Gasteiger partial charge in [0.15, 0.2) is 0 Å². The van der Waals surface area contributed by atoms with Crippen molar-refractivity contribution in [1.82, 2.24) is 10.2 Å². The molecule has 76 valence electrons. The van der Waals surface area contributed by atoms with Crippen LogP contribution in [0.5, 0.6) is 0 Å². The largest absolute Gasteiger partial charge is 0.270 e. The third-order valence-electron chi connectivity index (χ3n) is 1.83. The fourth-order valence-electron chi connectivity index (χ4n) is 1.17. The summed E-state index contributed by atoms with van der Waals surface area (Å²) in [6.45, 7) is 1.85. The highest BCUT2D eigenvalue weighted by molar-refractivity contribution is 7.14. The predicted octanol–water partition coefficient (Wildman–Crippen LogP) is 2.42. The summed E-state index contributed by atoms with van der Waals surface area (Å²) in [6, 6.07) is 6.38. The maximum atomic E-state index is 10.6. The molecule has 1 aromatic heterocycles. The van der Waals surface area contributed by atoms with Gasteiger partial charge in [0.2, 0.25) is 0 Å². The minimum atomic E-state index is -0.419. The van der Waals surface area contributed by atoms with Crippen LogP contribution >= 0.6 is 11.3 Å². The Bertz CT molecular complexity index is 510. The third kappa shape index (κ3) is 1.99. The zero-order valence-corrected chi connectivity index (χ0v) is 8.69. The molecule has 0 saturated carbocycles. The molecule has 0 radical (unpaired) electrons. The molecular formula is C9H7N3O2S. The molecule has 0 unspecified atom stereocenters. The van der Waals surface area contributed by atoms with E-state index in [1.807, 2.05) is 6.92 Å². The van der Waals surface area contributed by atoms with Gasteiger partial charge in [-0.1, -0.05) is 23.5 Å². The first-order valence-electron chi connectivity index (χ1n) is 4.22. The minimum Gasteiger partial charge on any atom is -0.258 e. The summed E-state index contributed by atoms with van der Waals surface area (Å²) in [4.78, 5) is 10.1. The van der Waals surface area contributed by atoms with Gasteiger partial charge in [0.05, 0.1) is 4.92 Å². The molecule has 15 heavy (non-hydrogen) atoms. The zero-order chi connectivity index (χ0) is 10.8. The van der Waals surface area contributed by atoms with Crippen molar-refractivity contribution >= 4 is 17.0 Å². The van der Waals surface area contributed by atoms with Gasteiger partial charge in [-0.3, -0.25) is 10.1 Å². The number of hydrogen-bond acceptors (Lipinski definition) is 5. The van der Waals surface area contributed by atoms with Crippen molar-refractivity contribution in [2.24, 2.45) is 0 Å². The monoisotopic (exact) mass is 221 g/mol. The van der Waals surface area contributed by atoms with Gasteiger partial charge < -0.3 is 0 Å². The Morgan fingerprint density at radius 1 is 1.40 bits per heavy atom. The standard InChI is InChI=1S/C9H7N3O2S/c1-6-10-11-9(15-6)7-3-2-4-8(5-7)12(13)14/h2-5H,1H3. The maximum Gasteiger partial charge on any atom is 0.270 e. The SMILES string of the molecule is Cc1nnc(-c2cccc([N+](=O)[O-])c2)s1. The second-order valence-corrected chi connectivity index (χ2v) is 4.12. The number of hydrogen-bond donors (Lipinski definition) is 0. The first-order chi connectivity index (χ1) is 7.16. The van der Waals surface area contributed by atoms with Crippen molar-refractivity contribution in [3.05, 3.63) is 39.4 Å². The van der Waals surface area contributed by atoms with Crippen LogP contribution in [0.4, 0.5) is 5.69 Å². The molecule has 0 atom stereocenters. The number of nitro benzene ring substituents is 1. The molecule has 0 aliphatic carbocycles. The lowest BCUT2D eigenvalue weighted by molar-refractivity contribution is -0.384. The van der Waals surface area contributed by atoms with Crippen LogP contribution in [-0.4, -0.2) is 15.1 Å². The molecule has 0 saturated heterocycles. The van der Waals surface area contributed by atoms with E-state index in [1.54, 1.807) is 12.1 Å². The van der Waals surface area contributed by atoms with E-state index in [9.17, 15) is 10.1 Å². The number of aromatic nitrogens is 2. The van der Waals surface area contributed by atoms with Crippen molar-refractivity contribution in [2.45, 2.75) is 6.92 Å². The van der Waals surface area contributed by atoms with Crippen LogP contribution in [0.15, 0.2) is 24.3 Å². The summed E-state index contributed by atoms with van der Waals surface area (Å²) >= 11 is 1.42. The van der Waals surface area contributed by atoms with Crippen molar-refractivity contribution < 1.29 is 4.92 Å². The van der Waals surface area contributed by atoms with E-state index in [4.69, 9.17) is 0 Å². The Kier molecular flexibility index (Phi) is 2.42. The lowest BCUT2D eigenvalue weighted by Gasteiger charge is -1.94. The van der Waals surface area contributed by atoms with E-state index in [0.29, 0.717) is 5.01 Å². The third-order valence-corrected chi connectivity index (χ3v) is 2.72. The van der Waals surface area contributed by atoms with Crippen LogP contribution in [0.3, 0.4) is 0 Å². The van der Waals surface area contributed by atoms with Crippen molar-refractivity contribution in [3.8, 4) is 10.6 Å². The fraction of sp³-hybridized carbons (Fsp3) is 0.111. The van der Waals surface area contributed by atoms with E-state index in [2.05, 4.69) is 10.2 Å². The second kappa shape index (κ2) is 3.74. The molecule has 5 nitrogen and oxygen atoms in total. The van der Waals surface area contributed by atoms with Crippen molar-refractivity contribution in [1.29, 1.82) is 0 Å². The molecule has 0 bridgehead atoms. The Morgan fingerprint density at radius 3 is 2.80 bits per heavy atom. The van der Waals surface area contributed by atoms with Gasteiger partial charge in [0.25, 0.3) is 5.69 Å². The van der Waals surface area contributed by atoms with E-state index in [0.717, 1.165) is 10.6 Å². The van der Waals surface area contributed by atoms with E-state index in [-0.39, 0.29) is 5.69 Å². The van der Waals surface area contributed by atoms with Gasteiger partial charge in [-0.25, -0.2) is 0 Å². The summed E-state index contributed by atoms with van der Waals surface area (Å²) in [5.74, 6) is 0. The summed E-state index contributed by atoms with van der Waals surface area (Å²) < 4.78 is 0. The molecular weight excluding hydrogens is 214 g/mol. The number of non-ortho nitro benzene ring substituents is 1. The topological polar surface area (TPSA) is 68.9 Å². The quantitative estimate of drug-likeness (QED) is 0.576. The van der Waals surface area contributed by atoms with Crippen LogP contribution in [0.2, 0.25) is 0 Å². The van der Waals surface area contributed by atoms with Crippen molar-refractivity contribution in [3.63, 3.8) is 0 Å². The predicted molar refractivity (Wildman–Crippen MR) is 56.7 cm³/mol. The molecule has 6 heteroatoms. The molecule has 1 heterocycles. The molecule has 0 spiro atoms. The van der Waals surface area contributed by atoms with E-state index in [1.165, 1.54) is 23.5 Å². The number of nitro groups is 1. The van der Waals surface area contributed by atoms with Crippen LogP contribution < -0.4 is 0 Å². The smallest absolute Gasteiger partial charge is 0.258 e. The molecule has 0 amide bonds. The van der Waals surface area contributed by atoms with Gasteiger partial charge in [-0.05, 0) is 6.92 Å². The lowest BCUT2D eigenvalue weighted by atomic mass is 10.2. The molecule has 0 fully saturated rings. The first-order valence-corrected chi connectivity index (χ1v) is 5.03. The number of aryl methyl sites for hydroxylation is 1. The average molecular weight is 221 g/mol. The summed E-state index contributed by atoms with van der Waals surface area (Å²) in [5, 5.41) is 19.9. The van der Waals surface area contributed by atoms with Gasteiger partial charge in [-0.2, -0.15) is 0 Å². The molecule has 2 rings (SSSR count). The van der Waals surface area contributed by atoms with Crippen LogP contribution in [0.1, 0.15) is 5.01 Å². The van der Waals surface area contributed by atoms with Gasteiger partial charge >= 0.3 is 0 Å². The summed E-state index contributed by atoms with van der Waals surface area (Å²) in [6.07, 6.45) is 0. The number of benzene rings is 1. The van der Waals surface area contributed by atoms with Gasteiger partial charge in [0.1, 0.15) is 10.0 Å². The highest BCUT2D eigenvalue weighted by Crippen LogP contribution is 2.25. The Labute approximate surface area is 89.6 Å². The van der Waals surface area contributed by atoms with Gasteiger partial charge in [0, 0.05) is 17.7 Å². The van der Waals surface area contributed by atoms with E-state index >= 15 is 0 Å². The summed E-state index contributed by atoms with van der Waals surface area (Å²) in [5.41, 5.74) is 0.801. The summed E-state index contributed by atoms with van der Waals surface area (Å²) in [7, 11) is 0. The van der Waals surface area contributed by atoms with Crippen molar-refractivity contribution in [2.75, 3.05) is 0 Å². The maximum absolute atomic E-state index is 10.6. The average Bonchev–Trinajstić information content (AvgIpc) is 2.65. The first kappa shape index (κ1) is 9.72. The number of rotatable bonds is 2. The molecule has 0 aliphatic rings. The molecule has 1 aromatic carbocycles.